The lowest BCUT2D eigenvalue weighted by Gasteiger charge is -2.29. The van der Waals surface area contributed by atoms with Gasteiger partial charge in [0.05, 0.1) is 0 Å². The second kappa shape index (κ2) is 6.07. The highest BCUT2D eigenvalue weighted by Crippen LogP contribution is 2.48. The first kappa shape index (κ1) is 13.3. The van der Waals surface area contributed by atoms with Gasteiger partial charge in [-0.2, -0.15) is 0 Å². The molecule has 1 saturated carbocycles. The summed E-state index contributed by atoms with van der Waals surface area (Å²) in [4.78, 5) is 11.3. The van der Waals surface area contributed by atoms with Gasteiger partial charge >= 0.3 is 5.97 Å². The van der Waals surface area contributed by atoms with Crippen LogP contribution in [-0.4, -0.2) is 11.1 Å². The lowest BCUT2D eigenvalue weighted by molar-refractivity contribution is -0.134. The second-order valence-electron chi connectivity index (χ2n) is 4.95. The molecule has 0 aromatic heterocycles. The standard InChI is InChI=1S/C14H24O2/c1-3-5-6-9-14(10-7-8-11-14)12(4-2)13(15)16/h4H,3,5-11H2,1-2H3,(H,15,16)/b12-4-. The van der Waals surface area contributed by atoms with Gasteiger partial charge in [0.2, 0.25) is 0 Å². The van der Waals surface area contributed by atoms with Crippen LogP contribution in [0.1, 0.15) is 65.2 Å². The van der Waals surface area contributed by atoms with Gasteiger partial charge in [0.1, 0.15) is 0 Å². The van der Waals surface area contributed by atoms with Crippen LogP contribution in [0.2, 0.25) is 0 Å². The van der Waals surface area contributed by atoms with Crippen LogP contribution in [-0.2, 0) is 4.79 Å². The smallest absolute Gasteiger partial charge is 0.331 e. The third kappa shape index (κ3) is 2.87. The molecule has 1 N–H and O–H groups in total. The first-order chi connectivity index (χ1) is 7.66. The number of carbonyl (C=O) groups is 1. The van der Waals surface area contributed by atoms with E-state index in [1.165, 1.54) is 32.1 Å². The fraction of sp³-hybridized carbons (Fsp3) is 0.786. The van der Waals surface area contributed by atoms with E-state index in [2.05, 4.69) is 6.92 Å². The zero-order chi connectivity index (χ0) is 12.0. The Hall–Kier alpha value is -0.790. The van der Waals surface area contributed by atoms with Crippen LogP contribution in [0, 0.1) is 5.41 Å². The van der Waals surface area contributed by atoms with E-state index in [9.17, 15) is 9.90 Å². The number of unbranched alkanes of at least 4 members (excludes halogenated alkanes) is 2. The third-order valence-corrected chi connectivity index (χ3v) is 3.91. The molecule has 0 heterocycles. The number of rotatable bonds is 6. The van der Waals surface area contributed by atoms with Crippen LogP contribution in [0.25, 0.3) is 0 Å². The average molecular weight is 224 g/mol. The number of hydrogen-bond acceptors (Lipinski definition) is 1. The van der Waals surface area contributed by atoms with Crippen molar-refractivity contribution in [2.75, 3.05) is 0 Å². The van der Waals surface area contributed by atoms with E-state index in [1.807, 2.05) is 13.0 Å². The molecule has 0 aromatic rings. The van der Waals surface area contributed by atoms with Crippen molar-refractivity contribution in [1.82, 2.24) is 0 Å². The number of aliphatic carboxylic acids is 1. The Kier molecular flexibility index (Phi) is 5.04. The highest BCUT2D eigenvalue weighted by atomic mass is 16.4. The van der Waals surface area contributed by atoms with Crippen LogP contribution < -0.4 is 0 Å². The minimum atomic E-state index is -0.708. The molecule has 1 fully saturated rings. The Morgan fingerprint density at radius 2 is 1.94 bits per heavy atom. The highest BCUT2D eigenvalue weighted by molar-refractivity contribution is 5.88. The summed E-state index contributed by atoms with van der Waals surface area (Å²) in [5, 5.41) is 9.29. The van der Waals surface area contributed by atoms with Crippen molar-refractivity contribution < 1.29 is 9.90 Å². The molecule has 0 aromatic carbocycles. The van der Waals surface area contributed by atoms with Crippen molar-refractivity contribution in [3.63, 3.8) is 0 Å². The van der Waals surface area contributed by atoms with Gasteiger partial charge in [0.15, 0.2) is 0 Å². The summed E-state index contributed by atoms with van der Waals surface area (Å²) in [6.07, 6.45) is 11.0. The zero-order valence-electron chi connectivity index (χ0n) is 10.6. The number of allylic oxidation sites excluding steroid dienone is 1. The summed E-state index contributed by atoms with van der Waals surface area (Å²) in [7, 11) is 0. The molecular weight excluding hydrogens is 200 g/mol. The van der Waals surface area contributed by atoms with Crippen molar-refractivity contribution in [3.8, 4) is 0 Å². The van der Waals surface area contributed by atoms with Gasteiger partial charge in [-0.1, -0.05) is 45.1 Å². The van der Waals surface area contributed by atoms with Crippen molar-refractivity contribution in [2.45, 2.75) is 65.2 Å². The van der Waals surface area contributed by atoms with Crippen molar-refractivity contribution in [2.24, 2.45) is 5.41 Å². The van der Waals surface area contributed by atoms with Crippen LogP contribution >= 0.6 is 0 Å². The molecule has 0 amide bonds. The Balaban J connectivity index is 2.75. The molecule has 0 aliphatic heterocycles. The van der Waals surface area contributed by atoms with Crippen LogP contribution in [0.3, 0.4) is 0 Å². The molecule has 1 aliphatic rings. The van der Waals surface area contributed by atoms with Gasteiger partial charge < -0.3 is 5.11 Å². The van der Waals surface area contributed by atoms with Crippen molar-refractivity contribution in [3.05, 3.63) is 11.6 Å². The second-order valence-corrected chi connectivity index (χ2v) is 4.95. The maximum absolute atomic E-state index is 11.3. The minimum Gasteiger partial charge on any atom is -0.478 e. The molecule has 1 aliphatic carbocycles. The van der Waals surface area contributed by atoms with Gasteiger partial charge in [-0.3, -0.25) is 0 Å². The molecule has 0 radical (unpaired) electrons. The minimum absolute atomic E-state index is 0.00421. The number of carboxylic acid groups (broad SMARTS) is 1. The molecule has 2 nitrogen and oxygen atoms in total. The van der Waals surface area contributed by atoms with E-state index < -0.39 is 5.97 Å². The molecule has 0 spiro atoms. The Labute approximate surface area is 98.7 Å². The topological polar surface area (TPSA) is 37.3 Å². The maximum Gasteiger partial charge on any atom is 0.331 e. The number of hydrogen-bond donors (Lipinski definition) is 1. The molecule has 0 unspecified atom stereocenters. The fourth-order valence-electron chi connectivity index (χ4n) is 3.08. The molecule has 16 heavy (non-hydrogen) atoms. The Bertz CT molecular complexity index is 260. The zero-order valence-corrected chi connectivity index (χ0v) is 10.6. The lowest BCUT2D eigenvalue weighted by Crippen LogP contribution is -2.25. The van der Waals surface area contributed by atoms with E-state index >= 15 is 0 Å². The van der Waals surface area contributed by atoms with Crippen LogP contribution in [0.4, 0.5) is 0 Å². The van der Waals surface area contributed by atoms with E-state index in [0.29, 0.717) is 5.57 Å². The van der Waals surface area contributed by atoms with Gasteiger partial charge in [-0.25, -0.2) is 4.79 Å². The van der Waals surface area contributed by atoms with E-state index in [4.69, 9.17) is 0 Å². The lowest BCUT2D eigenvalue weighted by atomic mass is 9.74. The Morgan fingerprint density at radius 3 is 2.38 bits per heavy atom. The quantitative estimate of drug-likeness (QED) is 0.543. The summed E-state index contributed by atoms with van der Waals surface area (Å²) in [5.74, 6) is -0.708. The first-order valence-electron chi connectivity index (χ1n) is 6.56. The van der Waals surface area contributed by atoms with Gasteiger partial charge in [0.25, 0.3) is 0 Å². The SMILES string of the molecule is C/C=C(/C(=O)O)C1(CCCCC)CCCC1. The average Bonchev–Trinajstić information content (AvgIpc) is 2.68. The molecular formula is C14H24O2. The monoisotopic (exact) mass is 224 g/mol. The van der Waals surface area contributed by atoms with Gasteiger partial charge in [0, 0.05) is 11.0 Å². The summed E-state index contributed by atoms with van der Waals surface area (Å²) in [6.45, 7) is 4.05. The fourth-order valence-corrected chi connectivity index (χ4v) is 3.08. The van der Waals surface area contributed by atoms with Crippen LogP contribution in [0.5, 0.6) is 0 Å². The predicted molar refractivity (Wildman–Crippen MR) is 66.4 cm³/mol. The van der Waals surface area contributed by atoms with Gasteiger partial charge in [-0.05, 0) is 26.2 Å². The molecule has 0 saturated heterocycles. The maximum atomic E-state index is 11.3. The van der Waals surface area contributed by atoms with Crippen molar-refractivity contribution >= 4 is 5.97 Å². The summed E-state index contributed by atoms with van der Waals surface area (Å²) < 4.78 is 0. The number of carboxylic acids is 1. The van der Waals surface area contributed by atoms with Gasteiger partial charge in [-0.15, -0.1) is 0 Å². The molecule has 2 heteroatoms. The molecule has 0 atom stereocenters. The predicted octanol–water partition coefficient (Wildman–Crippen LogP) is 4.16. The van der Waals surface area contributed by atoms with E-state index in [-0.39, 0.29) is 5.41 Å². The van der Waals surface area contributed by atoms with E-state index in [1.54, 1.807) is 0 Å². The summed E-state index contributed by atoms with van der Waals surface area (Å²) >= 11 is 0. The van der Waals surface area contributed by atoms with E-state index in [0.717, 1.165) is 19.3 Å². The summed E-state index contributed by atoms with van der Waals surface area (Å²) in [5.41, 5.74) is 0.663. The molecule has 92 valence electrons. The van der Waals surface area contributed by atoms with Crippen molar-refractivity contribution in [1.29, 1.82) is 0 Å². The normalized spacial score (nSPS) is 20.0. The Morgan fingerprint density at radius 1 is 1.31 bits per heavy atom. The third-order valence-electron chi connectivity index (χ3n) is 3.91. The first-order valence-corrected chi connectivity index (χ1v) is 6.56. The molecule has 1 rings (SSSR count). The van der Waals surface area contributed by atoms with Crippen LogP contribution in [0.15, 0.2) is 11.6 Å². The highest BCUT2D eigenvalue weighted by Gasteiger charge is 2.39. The molecule has 0 bridgehead atoms. The largest absolute Gasteiger partial charge is 0.478 e. The summed E-state index contributed by atoms with van der Waals surface area (Å²) in [6, 6.07) is 0.